The number of thiazole rings is 1. The van der Waals surface area contributed by atoms with Crippen LogP contribution in [0.25, 0.3) is 11.3 Å². The standard InChI is InChI=1S/C30H30ClN3O3S/c1-3-20(2)22-11-13-26(14-12-22)34(30-33-27(19-38-30)24-5-4-6-25(31)17-24)18-21-7-9-23(10-8-21)29(37)32-16-15-28(35)36/h4-14,17,19-20H,3,15-16,18H2,1-2H3,(H,32,37)(H,35,36). The van der Waals surface area contributed by atoms with Gasteiger partial charge in [0.05, 0.1) is 18.7 Å². The summed E-state index contributed by atoms with van der Waals surface area (Å²) in [5, 5.41) is 15.0. The molecule has 8 heteroatoms. The monoisotopic (exact) mass is 547 g/mol. The Hall–Kier alpha value is -3.68. The molecule has 6 nitrogen and oxygen atoms in total. The lowest BCUT2D eigenvalue weighted by molar-refractivity contribution is -0.136. The van der Waals surface area contributed by atoms with Crippen molar-refractivity contribution in [2.75, 3.05) is 11.4 Å². The van der Waals surface area contributed by atoms with Crippen molar-refractivity contribution in [3.05, 3.63) is 99.9 Å². The second kappa shape index (κ2) is 12.7. The van der Waals surface area contributed by atoms with Gasteiger partial charge in [-0.15, -0.1) is 11.3 Å². The van der Waals surface area contributed by atoms with Crippen LogP contribution in [0.4, 0.5) is 10.8 Å². The number of benzene rings is 3. The van der Waals surface area contributed by atoms with Gasteiger partial charge >= 0.3 is 5.97 Å². The van der Waals surface area contributed by atoms with Crippen molar-refractivity contribution >= 4 is 45.6 Å². The summed E-state index contributed by atoms with van der Waals surface area (Å²) in [6.07, 6.45) is 0.967. The van der Waals surface area contributed by atoms with Gasteiger partial charge in [0.25, 0.3) is 5.91 Å². The molecule has 0 radical (unpaired) electrons. The van der Waals surface area contributed by atoms with Crippen molar-refractivity contribution in [1.29, 1.82) is 0 Å². The van der Waals surface area contributed by atoms with Crippen LogP contribution in [0.15, 0.2) is 78.2 Å². The van der Waals surface area contributed by atoms with E-state index in [9.17, 15) is 9.59 Å². The van der Waals surface area contributed by atoms with Crippen LogP contribution in [-0.4, -0.2) is 28.5 Å². The Morgan fingerprint density at radius 2 is 1.82 bits per heavy atom. The normalized spacial score (nSPS) is 11.7. The van der Waals surface area contributed by atoms with Crippen molar-refractivity contribution in [1.82, 2.24) is 10.3 Å². The molecule has 4 aromatic rings. The predicted octanol–water partition coefficient (Wildman–Crippen LogP) is 7.52. The zero-order valence-corrected chi connectivity index (χ0v) is 22.9. The van der Waals surface area contributed by atoms with Gasteiger partial charge in [0.2, 0.25) is 0 Å². The van der Waals surface area contributed by atoms with Gasteiger partial charge in [0, 0.05) is 33.8 Å². The SMILES string of the molecule is CCC(C)c1ccc(N(Cc2ccc(C(=O)NCCC(=O)O)cc2)c2nc(-c3cccc(Cl)c3)cs2)cc1. The van der Waals surface area contributed by atoms with E-state index in [1.54, 1.807) is 23.5 Å². The van der Waals surface area contributed by atoms with Crippen molar-refractivity contribution in [3.63, 3.8) is 0 Å². The highest BCUT2D eigenvalue weighted by Crippen LogP contribution is 2.35. The van der Waals surface area contributed by atoms with Crippen molar-refractivity contribution in [2.24, 2.45) is 0 Å². The van der Waals surface area contributed by atoms with Gasteiger partial charge in [-0.2, -0.15) is 0 Å². The molecule has 4 rings (SSSR count). The Morgan fingerprint density at radius 3 is 2.47 bits per heavy atom. The maximum atomic E-state index is 12.3. The number of carbonyl (C=O) groups excluding carboxylic acids is 1. The third-order valence-electron chi connectivity index (χ3n) is 6.41. The summed E-state index contributed by atoms with van der Waals surface area (Å²) >= 11 is 7.77. The number of rotatable bonds is 11. The van der Waals surface area contributed by atoms with E-state index in [0.29, 0.717) is 23.0 Å². The highest BCUT2D eigenvalue weighted by molar-refractivity contribution is 7.14. The first-order valence-electron chi connectivity index (χ1n) is 12.5. The molecule has 2 N–H and O–H groups in total. The molecule has 0 aliphatic carbocycles. The van der Waals surface area contributed by atoms with E-state index in [4.69, 9.17) is 21.7 Å². The van der Waals surface area contributed by atoms with Crippen LogP contribution < -0.4 is 10.2 Å². The summed E-state index contributed by atoms with van der Waals surface area (Å²) in [6, 6.07) is 23.6. The van der Waals surface area contributed by atoms with Gasteiger partial charge in [-0.3, -0.25) is 9.59 Å². The average Bonchev–Trinajstić information content (AvgIpc) is 3.41. The van der Waals surface area contributed by atoms with E-state index in [0.717, 1.165) is 34.1 Å². The second-order valence-corrected chi connectivity index (χ2v) is 10.4. The van der Waals surface area contributed by atoms with Crippen LogP contribution in [-0.2, 0) is 11.3 Å². The van der Waals surface area contributed by atoms with Crippen LogP contribution in [0.2, 0.25) is 5.02 Å². The fraction of sp³-hybridized carbons (Fsp3) is 0.233. The molecular formula is C30H30ClN3O3S. The largest absolute Gasteiger partial charge is 0.481 e. The lowest BCUT2D eigenvalue weighted by Crippen LogP contribution is -2.26. The van der Waals surface area contributed by atoms with E-state index in [2.05, 4.69) is 48.3 Å². The van der Waals surface area contributed by atoms with Crippen LogP contribution >= 0.6 is 22.9 Å². The molecular weight excluding hydrogens is 518 g/mol. The number of nitrogens with zero attached hydrogens (tertiary/aromatic N) is 2. The second-order valence-electron chi connectivity index (χ2n) is 9.11. The number of hydrogen-bond acceptors (Lipinski definition) is 5. The Kier molecular flexibility index (Phi) is 9.15. The number of aliphatic carboxylic acids is 1. The fourth-order valence-electron chi connectivity index (χ4n) is 3.99. The minimum Gasteiger partial charge on any atom is -0.481 e. The summed E-state index contributed by atoms with van der Waals surface area (Å²) in [5.41, 5.74) is 5.65. The van der Waals surface area contributed by atoms with Gasteiger partial charge < -0.3 is 15.3 Å². The summed E-state index contributed by atoms with van der Waals surface area (Å²) in [5.74, 6) is -0.749. The lowest BCUT2D eigenvalue weighted by atomic mass is 9.98. The van der Waals surface area contributed by atoms with Gasteiger partial charge in [-0.05, 0) is 59.9 Å². The third-order valence-corrected chi connectivity index (χ3v) is 7.51. The fourth-order valence-corrected chi connectivity index (χ4v) is 5.03. The zero-order valence-electron chi connectivity index (χ0n) is 21.4. The number of halogens is 1. The number of amides is 1. The Balaban J connectivity index is 1.59. The minimum atomic E-state index is -0.946. The van der Waals surface area contributed by atoms with Gasteiger partial charge in [-0.25, -0.2) is 4.98 Å². The van der Waals surface area contributed by atoms with Crippen LogP contribution in [0, 0.1) is 0 Å². The lowest BCUT2D eigenvalue weighted by Gasteiger charge is -2.23. The molecule has 1 atom stereocenters. The number of nitrogens with one attached hydrogen (secondary N) is 1. The Morgan fingerprint density at radius 1 is 1.08 bits per heavy atom. The maximum absolute atomic E-state index is 12.3. The highest BCUT2D eigenvalue weighted by atomic mass is 35.5. The molecule has 0 spiro atoms. The molecule has 0 fully saturated rings. The van der Waals surface area contributed by atoms with E-state index >= 15 is 0 Å². The molecule has 0 saturated carbocycles. The molecule has 0 bridgehead atoms. The van der Waals surface area contributed by atoms with Crippen molar-refractivity contribution in [2.45, 2.75) is 39.2 Å². The molecule has 3 aromatic carbocycles. The quantitative estimate of drug-likeness (QED) is 0.203. The van der Waals surface area contributed by atoms with Crippen LogP contribution in [0.1, 0.15) is 54.1 Å². The Labute approximate surface area is 231 Å². The smallest absolute Gasteiger partial charge is 0.305 e. The molecule has 1 amide bonds. The van der Waals surface area contributed by atoms with Gasteiger partial charge in [0.15, 0.2) is 5.13 Å². The summed E-state index contributed by atoms with van der Waals surface area (Å²) < 4.78 is 0. The first-order chi connectivity index (χ1) is 18.3. The number of carboxylic acid groups (broad SMARTS) is 1. The van der Waals surface area contributed by atoms with Crippen molar-refractivity contribution in [3.8, 4) is 11.3 Å². The first-order valence-corrected chi connectivity index (χ1v) is 13.8. The molecule has 1 aromatic heterocycles. The van der Waals surface area contributed by atoms with E-state index in [1.807, 2.05) is 41.8 Å². The predicted molar refractivity (Wildman–Crippen MR) is 155 cm³/mol. The van der Waals surface area contributed by atoms with Gasteiger partial charge in [-0.1, -0.05) is 61.8 Å². The number of carbonyl (C=O) groups is 2. The first kappa shape index (κ1) is 27.4. The third kappa shape index (κ3) is 7.00. The number of anilines is 2. The van der Waals surface area contributed by atoms with Crippen molar-refractivity contribution < 1.29 is 14.7 Å². The average molecular weight is 548 g/mol. The van der Waals surface area contributed by atoms with E-state index < -0.39 is 5.97 Å². The van der Waals surface area contributed by atoms with Crippen LogP contribution in [0.5, 0.6) is 0 Å². The summed E-state index contributed by atoms with van der Waals surface area (Å²) in [4.78, 5) is 30.1. The highest BCUT2D eigenvalue weighted by Gasteiger charge is 2.17. The minimum absolute atomic E-state index is 0.0926. The number of aromatic nitrogens is 1. The number of carboxylic acids is 1. The molecule has 0 saturated heterocycles. The Bertz CT molecular complexity index is 1390. The zero-order chi connectivity index (χ0) is 27.1. The van der Waals surface area contributed by atoms with Crippen LogP contribution in [0.3, 0.4) is 0 Å². The molecule has 196 valence electrons. The topological polar surface area (TPSA) is 82.5 Å². The molecule has 1 heterocycles. The summed E-state index contributed by atoms with van der Waals surface area (Å²) in [7, 11) is 0. The van der Waals surface area contributed by atoms with E-state index in [1.165, 1.54) is 5.56 Å². The number of hydrogen-bond donors (Lipinski definition) is 2. The molecule has 0 aliphatic rings. The molecule has 0 aliphatic heterocycles. The molecule has 1 unspecified atom stereocenters. The molecule has 38 heavy (non-hydrogen) atoms. The summed E-state index contributed by atoms with van der Waals surface area (Å²) in [6.45, 7) is 5.07. The van der Waals surface area contributed by atoms with Gasteiger partial charge in [0.1, 0.15) is 0 Å². The van der Waals surface area contributed by atoms with E-state index in [-0.39, 0.29) is 18.9 Å². The maximum Gasteiger partial charge on any atom is 0.305 e.